The zero-order valence-corrected chi connectivity index (χ0v) is 18.0. The lowest BCUT2D eigenvalue weighted by Gasteiger charge is -2.43. The first-order chi connectivity index (χ1) is 14.9. The van der Waals surface area contributed by atoms with Crippen molar-refractivity contribution in [3.05, 3.63) is 31.6 Å². The summed E-state index contributed by atoms with van der Waals surface area (Å²) in [6, 6.07) is 0. The van der Waals surface area contributed by atoms with Gasteiger partial charge >= 0.3 is 12.1 Å². The average molecular weight is 452 g/mol. The molecule has 1 aromatic heterocycles. The van der Waals surface area contributed by atoms with E-state index in [9.17, 15) is 14.4 Å². The summed E-state index contributed by atoms with van der Waals surface area (Å²) in [5.74, 6) is -1.12. The van der Waals surface area contributed by atoms with Gasteiger partial charge in [0.25, 0.3) is 0 Å². The van der Waals surface area contributed by atoms with Gasteiger partial charge in [-0.1, -0.05) is 25.3 Å². The molecule has 2 aliphatic heterocycles. The summed E-state index contributed by atoms with van der Waals surface area (Å²) < 4.78 is 16.1. The second kappa shape index (κ2) is 9.94. The van der Waals surface area contributed by atoms with Crippen molar-refractivity contribution in [1.29, 1.82) is 0 Å². The van der Waals surface area contributed by atoms with Crippen molar-refractivity contribution in [2.75, 3.05) is 19.8 Å². The average Bonchev–Trinajstić information content (AvgIpc) is 3.37. The third kappa shape index (κ3) is 4.89. The molecular formula is C19H25N5O6S. The minimum absolute atomic E-state index is 0.0218. The number of fused-ring (bicyclic) bond motifs is 1. The first-order valence-corrected chi connectivity index (χ1v) is 10.7. The summed E-state index contributed by atoms with van der Waals surface area (Å²) in [6.45, 7) is 9.55. The standard InChI is InChI=1S/C19H25N5O6S/c1-4-9-28-17(26)19(7-6-8-23-12-20-21-22-23)11-24-15(25)14(16(24)31-19)13(3)30-18(27)29-10-5-2/h4-5,12-14,16H,1-2,6-11H2,3H3/t13-,14+,16-,19?/m1/s1. The van der Waals surface area contributed by atoms with Gasteiger partial charge in [0.1, 0.15) is 36.3 Å². The number of β-lactam (4-membered cyclic amide) rings is 1. The largest absolute Gasteiger partial charge is 0.508 e. The molecule has 12 heteroatoms. The smallest absolute Gasteiger partial charge is 0.460 e. The molecule has 3 heterocycles. The van der Waals surface area contributed by atoms with Crippen LogP contribution in [0, 0.1) is 5.92 Å². The number of aromatic nitrogens is 4. The van der Waals surface area contributed by atoms with E-state index in [1.807, 2.05) is 0 Å². The van der Waals surface area contributed by atoms with Crippen molar-refractivity contribution in [2.45, 2.75) is 42.5 Å². The molecule has 1 aromatic rings. The van der Waals surface area contributed by atoms with Crippen LogP contribution < -0.4 is 0 Å². The van der Waals surface area contributed by atoms with E-state index in [2.05, 4.69) is 28.7 Å². The Morgan fingerprint density at radius 2 is 2.10 bits per heavy atom. The van der Waals surface area contributed by atoms with Crippen LogP contribution in [0.2, 0.25) is 0 Å². The third-order valence-corrected chi connectivity index (χ3v) is 6.87. The number of rotatable bonds is 11. The van der Waals surface area contributed by atoms with Gasteiger partial charge in [-0.25, -0.2) is 9.48 Å². The first kappa shape index (κ1) is 22.8. The lowest BCUT2D eigenvalue weighted by Crippen LogP contribution is -2.61. The Morgan fingerprint density at radius 3 is 2.77 bits per heavy atom. The Hall–Kier alpha value is -2.89. The molecule has 1 amide bonds. The zero-order chi connectivity index (χ0) is 22.4. The number of esters is 1. The van der Waals surface area contributed by atoms with Crippen molar-refractivity contribution < 1.29 is 28.6 Å². The van der Waals surface area contributed by atoms with Crippen molar-refractivity contribution in [1.82, 2.24) is 25.1 Å². The summed E-state index contributed by atoms with van der Waals surface area (Å²) in [5.41, 5.74) is 0. The van der Waals surface area contributed by atoms with Crippen LogP contribution in [0.5, 0.6) is 0 Å². The van der Waals surface area contributed by atoms with E-state index in [4.69, 9.17) is 14.2 Å². The maximum absolute atomic E-state index is 12.9. The van der Waals surface area contributed by atoms with Gasteiger partial charge in [-0.2, -0.15) is 0 Å². The number of nitrogens with zero attached hydrogens (tertiary/aromatic N) is 5. The van der Waals surface area contributed by atoms with E-state index in [1.54, 1.807) is 16.5 Å². The van der Waals surface area contributed by atoms with E-state index in [1.165, 1.54) is 30.2 Å². The molecule has 11 nitrogen and oxygen atoms in total. The highest BCUT2D eigenvalue weighted by atomic mass is 32.2. The van der Waals surface area contributed by atoms with Gasteiger partial charge in [-0.3, -0.25) is 9.59 Å². The number of thioether (sulfide) groups is 1. The summed E-state index contributed by atoms with van der Waals surface area (Å²) in [6.07, 6.45) is 3.95. The van der Waals surface area contributed by atoms with E-state index in [-0.39, 0.29) is 31.0 Å². The normalized spacial score (nSPS) is 25.2. The molecule has 0 spiro atoms. The first-order valence-electron chi connectivity index (χ1n) is 9.83. The third-order valence-electron chi connectivity index (χ3n) is 5.13. The van der Waals surface area contributed by atoms with E-state index in [0.29, 0.717) is 19.4 Å². The molecule has 0 saturated carbocycles. The molecule has 0 radical (unpaired) electrons. The van der Waals surface area contributed by atoms with Crippen molar-refractivity contribution in [3.8, 4) is 0 Å². The van der Waals surface area contributed by atoms with Crippen LogP contribution in [-0.2, 0) is 30.3 Å². The van der Waals surface area contributed by atoms with Crippen molar-refractivity contribution in [2.24, 2.45) is 5.92 Å². The molecule has 2 aliphatic rings. The monoisotopic (exact) mass is 451 g/mol. The Morgan fingerprint density at radius 1 is 1.35 bits per heavy atom. The van der Waals surface area contributed by atoms with Gasteiger partial charge < -0.3 is 19.1 Å². The maximum atomic E-state index is 12.9. The molecule has 0 aliphatic carbocycles. The van der Waals surface area contributed by atoms with Crippen LogP contribution in [0.1, 0.15) is 19.8 Å². The molecule has 1 unspecified atom stereocenters. The molecular weight excluding hydrogens is 426 g/mol. The molecule has 4 atom stereocenters. The highest BCUT2D eigenvalue weighted by Crippen LogP contribution is 2.53. The highest BCUT2D eigenvalue weighted by molar-refractivity contribution is 8.02. The predicted molar refractivity (Wildman–Crippen MR) is 110 cm³/mol. The van der Waals surface area contributed by atoms with Crippen LogP contribution in [-0.4, -0.2) is 79.1 Å². The highest BCUT2D eigenvalue weighted by Gasteiger charge is 2.63. The fourth-order valence-electron chi connectivity index (χ4n) is 3.65. The molecule has 0 N–H and O–H groups in total. The molecule has 3 rings (SSSR count). The Labute approximate surface area is 183 Å². The lowest BCUT2D eigenvalue weighted by atomic mass is 9.91. The van der Waals surface area contributed by atoms with Crippen molar-refractivity contribution in [3.63, 3.8) is 0 Å². The fraction of sp³-hybridized carbons (Fsp3) is 0.579. The predicted octanol–water partition coefficient (Wildman–Crippen LogP) is 1.18. The molecule has 168 valence electrons. The van der Waals surface area contributed by atoms with Gasteiger partial charge in [0, 0.05) is 13.1 Å². The van der Waals surface area contributed by atoms with Crippen LogP contribution in [0.15, 0.2) is 31.6 Å². The van der Waals surface area contributed by atoms with Crippen LogP contribution in [0.4, 0.5) is 4.79 Å². The molecule has 0 aromatic carbocycles. The number of hydrogen-bond acceptors (Lipinski definition) is 10. The number of tetrazole rings is 1. The Balaban J connectivity index is 1.66. The summed E-state index contributed by atoms with van der Waals surface area (Å²) in [5, 5.41) is 10.7. The number of amides is 1. The SMILES string of the molecule is C=CCOC(=O)O[C@H](C)[C@H]1C(=O)N2CC(CCCn3cnnn3)(C(=O)OCC=C)S[C@H]12. The fourth-order valence-corrected chi connectivity index (χ4v) is 5.53. The summed E-state index contributed by atoms with van der Waals surface area (Å²) >= 11 is 1.38. The zero-order valence-electron chi connectivity index (χ0n) is 17.2. The van der Waals surface area contributed by atoms with Gasteiger partial charge in [0.15, 0.2) is 0 Å². The second-order valence-corrected chi connectivity index (χ2v) is 8.73. The van der Waals surface area contributed by atoms with Gasteiger partial charge in [0.2, 0.25) is 5.91 Å². The van der Waals surface area contributed by atoms with E-state index < -0.39 is 28.9 Å². The number of carbonyl (C=O) groups excluding carboxylic acids is 3. The molecule has 2 fully saturated rings. The lowest BCUT2D eigenvalue weighted by molar-refractivity contribution is -0.157. The minimum atomic E-state index is -0.921. The molecule has 2 saturated heterocycles. The second-order valence-electron chi connectivity index (χ2n) is 7.23. The molecule has 0 bridgehead atoms. The maximum Gasteiger partial charge on any atom is 0.508 e. The summed E-state index contributed by atoms with van der Waals surface area (Å²) in [4.78, 5) is 39.0. The van der Waals surface area contributed by atoms with Crippen LogP contribution in [0.3, 0.4) is 0 Å². The van der Waals surface area contributed by atoms with E-state index in [0.717, 1.165) is 0 Å². The van der Waals surface area contributed by atoms with E-state index >= 15 is 0 Å². The number of carbonyl (C=O) groups is 3. The van der Waals surface area contributed by atoms with Gasteiger partial charge in [-0.15, -0.1) is 16.9 Å². The number of ether oxygens (including phenoxy) is 3. The number of aryl methyl sites for hydroxylation is 1. The Kier molecular flexibility index (Phi) is 7.31. The topological polar surface area (TPSA) is 126 Å². The Bertz CT molecular complexity index is 834. The minimum Gasteiger partial charge on any atom is -0.460 e. The van der Waals surface area contributed by atoms with Gasteiger partial charge in [-0.05, 0) is 30.2 Å². The quantitative estimate of drug-likeness (QED) is 0.275. The van der Waals surface area contributed by atoms with Crippen molar-refractivity contribution >= 4 is 29.8 Å². The van der Waals surface area contributed by atoms with Crippen LogP contribution >= 0.6 is 11.8 Å². The van der Waals surface area contributed by atoms with Crippen LogP contribution in [0.25, 0.3) is 0 Å². The van der Waals surface area contributed by atoms with Gasteiger partial charge in [0.05, 0.1) is 5.37 Å². The summed E-state index contributed by atoms with van der Waals surface area (Å²) in [7, 11) is 0. The number of hydrogen-bond donors (Lipinski definition) is 0. The molecule has 31 heavy (non-hydrogen) atoms.